The lowest BCUT2D eigenvalue weighted by atomic mass is 10.1. The first-order valence-electron chi connectivity index (χ1n) is 10.7. The van der Waals surface area contributed by atoms with Crippen LogP contribution in [0.4, 0.5) is 23.1 Å². The second kappa shape index (κ2) is 9.66. The Morgan fingerprint density at radius 1 is 1.12 bits per heavy atom. The van der Waals surface area contributed by atoms with E-state index in [1.807, 2.05) is 6.07 Å². The first-order valence-corrected chi connectivity index (χ1v) is 10.7. The predicted molar refractivity (Wildman–Crippen MR) is 126 cm³/mol. The van der Waals surface area contributed by atoms with E-state index in [9.17, 15) is 0 Å². The smallest absolute Gasteiger partial charge is 0.288 e. The van der Waals surface area contributed by atoms with E-state index in [0.717, 1.165) is 49.7 Å². The van der Waals surface area contributed by atoms with Crippen LogP contribution in [0.5, 0.6) is 5.75 Å². The highest BCUT2D eigenvalue weighted by Gasteiger charge is 2.19. The molecule has 0 spiro atoms. The molecule has 166 valence electrons. The van der Waals surface area contributed by atoms with E-state index in [2.05, 4.69) is 72.2 Å². The quantitative estimate of drug-likeness (QED) is 0.547. The Labute approximate surface area is 188 Å². The van der Waals surface area contributed by atoms with Gasteiger partial charge in [0.1, 0.15) is 5.75 Å². The Hall–Kier alpha value is -3.64. The summed E-state index contributed by atoms with van der Waals surface area (Å²) in [6.07, 6.45) is 2.94. The van der Waals surface area contributed by atoms with Crippen LogP contribution in [-0.2, 0) is 0 Å². The van der Waals surface area contributed by atoms with Crippen LogP contribution >= 0.6 is 0 Å². The highest BCUT2D eigenvalue weighted by atomic mass is 16.5. The van der Waals surface area contributed by atoms with Crippen molar-refractivity contribution in [2.45, 2.75) is 13.8 Å². The van der Waals surface area contributed by atoms with Gasteiger partial charge < -0.3 is 19.8 Å². The first kappa shape index (κ1) is 21.6. The van der Waals surface area contributed by atoms with E-state index in [-0.39, 0.29) is 5.82 Å². The molecule has 0 unspecified atom stereocenters. The molecule has 0 amide bonds. The van der Waals surface area contributed by atoms with E-state index in [0.29, 0.717) is 17.6 Å². The highest BCUT2D eigenvalue weighted by Crippen LogP contribution is 2.34. The van der Waals surface area contributed by atoms with Crippen LogP contribution < -0.4 is 15.0 Å². The molecular formula is C23H28N8O. The van der Waals surface area contributed by atoms with E-state index < -0.39 is 0 Å². The SMILES string of the molecule is [C-]#[N+]c1cnc(Nc2cc(-c3ccc(N4CCN(CC(C)C)CC4)cc3OC)[nH]n2)cn1. The molecule has 9 heteroatoms. The van der Waals surface area contributed by atoms with Crippen molar-refractivity contribution in [3.8, 4) is 17.0 Å². The molecule has 0 bridgehead atoms. The molecule has 4 rings (SSSR count). The van der Waals surface area contributed by atoms with Gasteiger partial charge in [-0.2, -0.15) is 5.10 Å². The van der Waals surface area contributed by atoms with E-state index in [1.54, 1.807) is 7.11 Å². The molecule has 2 aromatic heterocycles. The first-order chi connectivity index (χ1) is 15.6. The van der Waals surface area contributed by atoms with Crippen molar-refractivity contribution in [3.63, 3.8) is 0 Å². The molecule has 3 aromatic rings. The molecule has 0 radical (unpaired) electrons. The number of aromatic nitrogens is 4. The predicted octanol–water partition coefficient (Wildman–Crippen LogP) is 3.95. The van der Waals surface area contributed by atoms with Gasteiger partial charge in [-0.15, -0.1) is 4.98 Å². The average molecular weight is 433 g/mol. The number of hydrogen-bond donors (Lipinski definition) is 2. The summed E-state index contributed by atoms with van der Waals surface area (Å²) in [7, 11) is 1.69. The highest BCUT2D eigenvalue weighted by molar-refractivity contribution is 5.73. The number of nitrogens with one attached hydrogen (secondary N) is 2. The van der Waals surface area contributed by atoms with Crippen molar-refractivity contribution in [1.29, 1.82) is 0 Å². The second-order valence-corrected chi connectivity index (χ2v) is 8.23. The summed E-state index contributed by atoms with van der Waals surface area (Å²) in [6, 6.07) is 8.19. The summed E-state index contributed by atoms with van der Waals surface area (Å²) in [5.41, 5.74) is 2.94. The monoisotopic (exact) mass is 432 g/mol. The van der Waals surface area contributed by atoms with Gasteiger partial charge >= 0.3 is 0 Å². The number of nitrogens with zero attached hydrogens (tertiary/aromatic N) is 6. The fraction of sp³-hybridized carbons (Fsp3) is 0.391. The maximum atomic E-state index is 6.95. The van der Waals surface area contributed by atoms with Crippen LogP contribution in [0.15, 0.2) is 36.7 Å². The molecule has 2 N–H and O–H groups in total. The standard InChI is InChI=1S/C23H28N8O/c1-16(2)15-30-7-9-31(10-8-30)17-5-6-18(20(11-17)32-4)19-12-21(29-28-19)27-23-14-25-22(24-3)13-26-23/h5-6,11-14,16H,7-10,15H2,1-2,4H3,(H2,26,27,28,29). The molecule has 0 aliphatic carbocycles. The number of ether oxygens (including phenoxy) is 1. The molecule has 3 heterocycles. The lowest BCUT2D eigenvalue weighted by Crippen LogP contribution is -2.47. The van der Waals surface area contributed by atoms with Gasteiger partial charge in [-0.3, -0.25) is 10.00 Å². The topological polar surface area (TPSA) is 86.6 Å². The Balaban J connectivity index is 1.46. The third kappa shape index (κ3) is 4.98. The largest absolute Gasteiger partial charge is 0.496 e. The lowest BCUT2D eigenvalue weighted by molar-refractivity contribution is 0.231. The van der Waals surface area contributed by atoms with Crippen molar-refractivity contribution in [1.82, 2.24) is 25.1 Å². The summed E-state index contributed by atoms with van der Waals surface area (Å²) in [5, 5.41) is 10.5. The van der Waals surface area contributed by atoms with Crippen LogP contribution in [0.2, 0.25) is 0 Å². The number of piperazine rings is 1. The summed E-state index contributed by atoms with van der Waals surface area (Å²) < 4.78 is 5.70. The van der Waals surface area contributed by atoms with Crippen molar-refractivity contribution in [2.75, 3.05) is 50.1 Å². The van der Waals surface area contributed by atoms with Gasteiger partial charge in [-0.1, -0.05) is 20.4 Å². The zero-order valence-electron chi connectivity index (χ0n) is 18.7. The fourth-order valence-electron chi connectivity index (χ4n) is 3.90. The normalized spacial score (nSPS) is 14.4. The summed E-state index contributed by atoms with van der Waals surface area (Å²) in [5.74, 6) is 2.87. The van der Waals surface area contributed by atoms with Gasteiger partial charge in [-0.25, -0.2) is 4.98 Å². The van der Waals surface area contributed by atoms with Crippen molar-refractivity contribution >= 4 is 23.1 Å². The Kier molecular flexibility index (Phi) is 6.52. The van der Waals surface area contributed by atoms with Crippen LogP contribution in [0.3, 0.4) is 0 Å². The van der Waals surface area contributed by atoms with Gasteiger partial charge in [0.2, 0.25) is 0 Å². The van der Waals surface area contributed by atoms with E-state index >= 15 is 0 Å². The third-order valence-corrected chi connectivity index (χ3v) is 5.42. The van der Waals surface area contributed by atoms with E-state index in [1.165, 1.54) is 18.1 Å². The summed E-state index contributed by atoms with van der Waals surface area (Å²) >= 11 is 0. The van der Waals surface area contributed by atoms with Crippen LogP contribution in [0.25, 0.3) is 16.1 Å². The number of benzene rings is 1. The minimum atomic E-state index is 0.254. The maximum absolute atomic E-state index is 6.95. The Morgan fingerprint density at radius 2 is 1.94 bits per heavy atom. The molecule has 0 saturated carbocycles. The number of rotatable bonds is 7. The second-order valence-electron chi connectivity index (χ2n) is 8.23. The Bertz CT molecular complexity index is 1080. The minimum absolute atomic E-state index is 0.254. The van der Waals surface area contributed by atoms with Crippen LogP contribution in [-0.4, -0.2) is 64.9 Å². The van der Waals surface area contributed by atoms with Crippen molar-refractivity contribution in [2.24, 2.45) is 5.92 Å². The van der Waals surface area contributed by atoms with Crippen LogP contribution in [0.1, 0.15) is 13.8 Å². The van der Waals surface area contributed by atoms with Crippen LogP contribution in [0, 0.1) is 12.5 Å². The molecule has 0 atom stereocenters. The van der Waals surface area contributed by atoms with Gasteiger partial charge in [0.25, 0.3) is 5.82 Å². The number of H-pyrrole nitrogens is 1. The van der Waals surface area contributed by atoms with Gasteiger partial charge in [0.15, 0.2) is 17.8 Å². The van der Waals surface area contributed by atoms with Gasteiger partial charge in [-0.05, 0) is 18.1 Å². The molecule has 1 aliphatic rings. The fourth-order valence-corrected chi connectivity index (χ4v) is 3.90. The molecule has 1 aliphatic heterocycles. The van der Waals surface area contributed by atoms with Crippen molar-refractivity contribution in [3.05, 3.63) is 48.1 Å². The summed E-state index contributed by atoms with van der Waals surface area (Å²) in [4.78, 5) is 16.4. The van der Waals surface area contributed by atoms with Gasteiger partial charge in [0, 0.05) is 56.1 Å². The maximum Gasteiger partial charge on any atom is 0.288 e. The molecular weight excluding hydrogens is 404 g/mol. The lowest BCUT2D eigenvalue weighted by Gasteiger charge is -2.37. The molecule has 9 nitrogen and oxygen atoms in total. The van der Waals surface area contributed by atoms with Gasteiger partial charge in [0.05, 0.1) is 19.0 Å². The van der Waals surface area contributed by atoms with Crippen molar-refractivity contribution < 1.29 is 4.74 Å². The molecule has 1 aromatic carbocycles. The third-order valence-electron chi connectivity index (χ3n) is 5.42. The number of hydrogen-bond acceptors (Lipinski definition) is 7. The number of aromatic amines is 1. The van der Waals surface area contributed by atoms with E-state index in [4.69, 9.17) is 11.3 Å². The molecule has 1 saturated heterocycles. The molecule has 1 fully saturated rings. The number of methoxy groups -OCH3 is 1. The minimum Gasteiger partial charge on any atom is -0.496 e. The average Bonchev–Trinajstić information content (AvgIpc) is 3.27. The molecule has 32 heavy (non-hydrogen) atoms. The number of anilines is 3. The zero-order valence-corrected chi connectivity index (χ0v) is 18.7. The zero-order chi connectivity index (χ0) is 22.5. The Morgan fingerprint density at radius 3 is 2.59 bits per heavy atom. The summed E-state index contributed by atoms with van der Waals surface area (Å²) in [6.45, 7) is 16.8.